The Bertz CT molecular complexity index is 415. The van der Waals surface area contributed by atoms with Crippen LogP contribution in [0.15, 0.2) is 0 Å². The van der Waals surface area contributed by atoms with E-state index in [0.29, 0.717) is 119 Å². The van der Waals surface area contributed by atoms with Gasteiger partial charge in [0.05, 0.1) is 126 Å². The minimum atomic E-state index is -1.31. The van der Waals surface area contributed by atoms with Crippen molar-refractivity contribution in [3.63, 3.8) is 0 Å². The van der Waals surface area contributed by atoms with Crippen molar-refractivity contribution in [1.29, 1.82) is 0 Å². The molecule has 0 radical (unpaired) electrons. The van der Waals surface area contributed by atoms with Crippen LogP contribution in [-0.4, -0.2) is 151 Å². The van der Waals surface area contributed by atoms with Crippen LogP contribution in [0, 0.1) is 0 Å². The van der Waals surface area contributed by atoms with Gasteiger partial charge in [0, 0.05) is 7.11 Å². The molecule has 13 heteroatoms. The van der Waals surface area contributed by atoms with E-state index in [0.717, 1.165) is 0 Å². The number of hydrogen-bond donors (Lipinski definition) is 1. The summed E-state index contributed by atoms with van der Waals surface area (Å²) in [4.78, 5) is 10.1. The summed E-state index contributed by atoms with van der Waals surface area (Å²) in [6.07, 6.45) is -1.31. The monoisotopic (exact) mass is 516 g/mol. The molecule has 1 N–H and O–H groups in total. The minimum absolute atomic E-state index is 0.0116. The molecule has 0 aliphatic rings. The topological polar surface area (TPSA) is 139 Å². The van der Waals surface area contributed by atoms with E-state index in [1.54, 1.807) is 7.11 Å². The minimum Gasteiger partial charge on any atom is -0.450 e. The first kappa shape index (κ1) is 33.9. The predicted octanol–water partition coefficient (Wildman–Crippen LogP) is 0.477. The van der Waals surface area contributed by atoms with Gasteiger partial charge in [-0.05, 0) is 0 Å². The van der Waals surface area contributed by atoms with E-state index < -0.39 is 6.16 Å². The van der Waals surface area contributed by atoms with Gasteiger partial charge < -0.3 is 57.2 Å². The van der Waals surface area contributed by atoms with E-state index in [9.17, 15) is 4.79 Å². The Hall–Kier alpha value is -1.13. The van der Waals surface area contributed by atoms with Gasteiger partial charge in [0.1, 0.15) is 6.61 Å². The van der Waals surface area contributed by atoms with Gasteiger partial charge in [-0.1, -0.05) is 0 Å². The molecule has 0 amide bonds. The number of rotatable bonds is 30. The smallest absolute Gasteiger partial charge is 0.450 e. The van der Waals surface area contributed by atoms with Gasteiger partial charge in [0.25, 0.3) is 0 Å². The van der Waals surface area contributed by atoms with Crippen molar-refractivity contribution >= 4 is 6.16 Å². The third kappa shape index (κ3) is 32.9. The lowest BCUT2D eigenvalue weighted by Gasteiger charge is -2.09. The molecule has 0 aliphatic carbocycles. The van der Waals surface area contributed by atoms with Gasteiger partial charge >= 0.3 is 6.16 Å². The van der Waals surface area contributed by atoms with Crippen molar-refractivity contribution < 1.29 is 62.0 Å². The molecule has 0 aliphatic heterocycles. The van der Waals surface area contributed by atoms with Crippen LogP contribution in [0.1, 0.15) is 0 Å². The van der Waals surface area contributed by atoms with Gasteiger partial charge in [-0.25, -0.2) is 4.79 Å². The summed E-state index contributed by atoms with van der Waals surface area (Å²) in [7, 11) is 1.64. The largest absolute Gasteiger partial charge is 0.505 e. The second-order valence-electron chi connectivity index (χ2n) is 6.62. The first-order valence-electron chi connectivity index (χ1n) is 11.8. The summed E-state index contributed by atoms with van der Waals surface area (Å²) < 4.78 is 57.3. The zero-order valence-corrected chi connectivity index (χ0v) is 21.0. The Labute approximate surface area is 208 Å². The van der Waals surface area contributed by atoms with Crippen LogP contribution >= 0.6 is 0 Å². The summed E-state index contributed by atoms with van der Waals surface area (Å²) >= 11 is 0. The van der Waals surface area contributed by atoms with E-state index in [2.05, 4.69) is 4.74 Å². The average molecular weight is 517 g/mol. The summed E-state index contributed by atoms with van der Waals surface area (Å²) in [5.74, 6) is 0. The highest BCUT2D eigenvalue weighted by Gasteiger charge is 1.97. The van der Waals surface area contributed by atoms with Crippen LogP contribution in [0.3, 0.4) is 0 Å². The lowest BCUT2D eigenvalue weighted by Crippen LogP contribution is -2.15. The third-order valence-electron chi connectivity index (χ3n) is 3.86. The fraction of sp³-hybridized carbons (Fsp3) is 0.955. The van der Waals surface area contributed by atoms with Crippen molar-refractivity contribution in [3.05, 3.63) is 0 Å². The molecule has 0 saturated heterocycles. The second kappa shape index (κ2) is 30.9. The fourth-order valence-electron chi connectivity index (χ4n) is 2.19. The normalized spacial score (nSPS) is 11.2. The number of methoxy groups -OCH3 is 1. The Morgan fingerprint density at radius 2 is 0.600 bits per heavy atom. The first-order chi connectivity index (χ1) is 17.3. The Balaban J connectivity index is 3.01. The summed E-state index contributed by atoms with van der Waals surface area (Å²) in [5, 5.41) is 8.27. The highest BCUT2D eigenvalue weighted by Crippen LogP contribution is 1.86. The molecule has 0 atom stereocenters. The van der Waals surface area contributed by atoms with Crippen LogP contribution in [0.4, 0.5) is 4.79 Å². The molecule has 0 rings (SSSR count). The molecule has 0 unspecified atom stereocenters. The predicted molar refractivity (Wildman–Crippen MR) is 123 cm³/mol. The zero-order valence-electron chi connectivity index (χ0n) is 21.0. The van der Waals surface area contributed by atoms with Crippen LogP contribution in [0.2, 0.25) is 0 Å². The maximum atomic E-state index is 10.1. The van der Waals surface area contributed by atoms with Crippen LogP contribution in [0.5, 0.6) is 0 Å². The third-order valence-corrected chi connectivity index (χ3v) is 3.86. The lowest BCUT2D eigenvalue weighted by molar-refractivity contribution is -0.0266. The van der Waals surface area contributed by atoms with Crippen molar-refractivity contribution in [2.24, 2.45) is 0 Å². The van der Waals surface area contributed by atoms with Crippen molar-refractivity contribution in [2.45, 2.75) is 0 Å². The van der Waals surface area contributed by atoms with Gasteiger partial charge in [-0.2, -0.15) is 0 Å². The molecule has 0 aromatic heterocycles. The molecule has 210 valence electrons. The molecule has 0 aromatic carbocycles. The zero-order chi connectivity index (χ0) is 25.5. The molecule has 13 nitrogen and oxygen atoms in total. The highest BCUT2D eigenvalue weighted by atomic mass is 16.7. The number of carbonyl (C=O) groups is 1. The molecular weight excluding hydrogens is 472 g/mol. The molecule has 0 spiro atoms. The molecule has 0 heterocycles. The van der Waals surface area contributed by atoms with E-state index in [1.165, 1.54) is 0 Å². The maximum Gasteiger partial charge on any atom is 0.505 e. The highest BCUT2D eigenvalue weighted by molar-refractivity contribution is 5.56. The summed E-state index contributed by atoms with van der Waals surface area (Å²) in [6, 6.07) is 0. The van der Waals surface area contributed by atoms with Gasteiger partial charge in [0.2, 0.25) is 0 Å². The second-order valence-corrected chi connectivity index (χ2v) is 6.62. The van der Waals surface area contributed by atoms with E-state index in [-0.39, 0.29) is 13.2 Å². The van der Waals surface area contributed by atoms with Crippen molar-refractivity contribution in [2.75, 3.05) is 139 Å². The Morgan fingerprint density at radius 3 is 0.800 bits per heavy atom. The first-order valence-corrected chi connectivity index (χ1v) is 11.8. The molecule has 35 heavy (non-hydrogen) atoms. The molecule has 0 saturated carbocycles. The SMILES string of the molecule is COCCOCCOCCOCCOCCOCCOCCOCCOCCOCCOC(=O)O. The fourth-order valence-corrected chi connectivity index (χ4v) is 2.19. The Kier molecular flexibility index (Phi) is 29.9. The van der Waals surface area contributed by atoms with E-state index in [1.807, 2.05) is 0 Å². The number of hydrogen-bond acceptors (Lipinski definition) is 12. The van der Waals surface area contributed by atoms with Gasteiger partial charge in [-0.15, -0.1) is 0 Å². The maximum absolute atomic E-state index is 10.1. The Morgan fingerprint density at radius 1 is 0.400 bits per heavy atom. The molecule has 0 aromatic rings. The lowest BCUT2D eigenvalue weighted by atomic mass is 10.6. The molecular formula is C22H44O13. The van der Waals surface area contributed by atoms with Gasteiger partial charge in [-0.3, -0.25) is 0 Å². The van der Waals surface area contributed by atoms with Gasteiger partial charge in [0.15, 0.2) is 0 Å². The quantitative estimate of drug-likeness (QED) is 0.105. The van der Waals surface area contributed by atoms with Crippen molar-refractivity contribution in [3.8, 4) is 0 Å². The van der Waals surface area contributed by atoms with Crippen LogP contribution < -0.4 is 0 Å². The summed E-state index contributed by atoms with van der Waals surface area (Å²) in [6.45, 7) is 9.17. The van der Waals surface area contributed by atoms with Crippen molar-refractivity contribution in [1.82, 2.24) is 0 Å². The van der Waals surface area contributed by atoms with E-state index in [4.69, 9.17) is 52.5 Å². The standard InChI is InChI=1S/C22H44O13/c1-25-2-3-26-4-5-27-6-7-28-8-9-29-10-11-30-12-13-31-14-15-32-16-17-33-18-19-34-20-21-35-22(23)24/h2-21H2,1H3,(H,23,24). The molecule has 0 fully saturated rings. The van der Waals surface area contributed by atoms with Crippen LogP contribution in [0.25, 0.3) is 0 Å². The molecule has 0 bridgehead atoms. The number of carboxylic acid groups (broad SMARTS) is 1. The summed E-state index contributed by atoms with van der Waals surface area (Å²) in [5.41, 5.74) is 0. The average Bonchev–Trinajstić information content (AvgIpc) is 2.85. The van der Waals surface area contributed by atoms with E-state index >= 15 is 0 Å². The number of ether oxygens (including phenoxy) is 11. The van der Waals surface area contributed by atoms with Crippen LogP contribution in [-0.2, 0) is 52.1 Å².